The SMILES string of the molecule is CC(C)c1cccc(NC(N)=NCc2cccc(C(=O)NCCN(C)C)c2)c1. The zero-order valence-electron chi connectivity index (χ0n) is 17.2. The molecular weight excluding hydrogens is 350 g/mol. The van der Waals surface area contributed by atoms with Gasteiger partial charge in [-0.05, 0) is 55.4 Å². The lowest BCUT2D eigenvalue weighted by Crippen LogP contribution is -2.31. The second-order valence-electron chi connectivity index (χ2n) is 7.37. The number of guanidine groups is 1. The van der Waals surface area contributed by atoms with Crippen molar-refractivity contribution in [2.24, 2.45) is 10.7 Å². The van der Waals surface area contributed by atoms with E-state index in [0.29, 0.717) is 30.5 Å². The molecule has 0 radical (unpaired) electrons. The van der Waals surface area contributed by atoms with Gasteiger partial charge >= 0.3 is 0 Å². The molecule has 0 aromatic heterocycles. The van der Waals surface area contributed by atoms with E-state index < -0.39 is 0 Å². The van der Waals surface area contributed by atoms with Crippen molar-refractivity contribution in [3.63, 3.8) is 0 Å². The quantitative estimate of drug-likeness (QED) is 0.485. The topological polar surface area (TPSA) is 82.7 Å². The minimum atomic E-state index is -0.0794. The Kier molecular flexibility index (Phi) is 8.02. The lowest BCUT2D eigenvalue weighted by Gasteiger charge is -2.11. The fourth-order valence-corrected chi connectivity index (χ4v) is 2.65. The van der Waals surface area contributed by atoms with E-state index in [1.807, 2.05) is 49.3 Å². The highest BCUT2D eigenvalue weighted by Gasteiger charge is 2.06. The Balaban J connectivity index is 1.95. The van der Waals surface area contributed by atoms with E-state index >= 15 is 0 Å². The van der Waals surface area contributed by atoms with Crippen LogP contribution in [-0.4, -0.2) is 44.0 Å². The van der Waals surface area contributed by atoms with Gasteiger partial charge in [0, 0.05) is 24.3 Å². The predicted molar refractivity (Wildman–Crippen MR) is 117 cm³/mol. The van der Waals surface area contributed by atoms with Crippen LogP contribution in [0.4, 0.5) is 5.69 Å². The number of rotatable bonds is 8. The largest absolute Gasteiger partial charge is 0.370 e. The van der Waals surface area contributed by atoms with Crippen molar-refractivity contribution in [3.8, 4) is 0 Å². The van der Waals surface area contributed by atoms with Crippen LogP contribution >= 0.6 is 0 Å². The van der Waals surface area contributed by atoms with Crippen LogP contribution in [0.3, 0.4) is 0 Å². The summed E-state index contributed by atoms with van der Waals surface area (Å²) in [7, 11) is 3.95. The first-order valence-corrected chi connectivity index (χ1v) is 9.54. The van der Waals surface area contributed by atoms with Crippen LogP contribution in [0.1, 0.15) is 41.3 Å². The first kappa shape index (κ1) is 21.4. The van der Waals surface area contributed by atoms with E-state index in [1.54, 1.807) is 6.07 Å². The van der Waals surface area contributed by atoms with E-state index in [9.17, 15) is 4.79 Å². The van der Waals surface area contributed by atoms with Crippen molar-refractivity contribution in [1.29, 1.82) is 0 Å². The molecule has 2 aromatic rings. The number of anilines is 1. The normalized spacial score (nSPS) is 11.7. The van der Waals surface area contributed by atoms with E-state index in [-0.39, 0.29) is 5.91 Å². The smallest absolute Gasteiger partial charge is 0.251 e. The van der Waals surface area contributed by atoms with Crippen LogP contribution in [0.5, 0.6) is 0 Å². The average molecular weight is 382 g/mol. The number of aliphatic imine (C=N–C) groups is 1. The number of hydrogen-bond acceptors (Lipinski definition) is 3. The lowest BCUT2D eigenvalue weighted by molar-refractivity contribution is 0.0951. The summed E-state index contributed by atoms with van der Waals surface area (Å²) >= 11 is 0. The van der Waals surface area contributed by atoms with Gasteiger partial charge in [0.25, 0.3) is 5.91 Å². The average Bonchev–Trinajstić information content (AvgIpc) is 2.66. The number of carbonyl (C=O) groups excluding carboxylic acids is 1. The molecule has 1 amide bonds. The molecule has 0 aliphatic rings. The van der Waals surface area contributed by atoms with Crippen molar-refractivity contribution in [3.05, 3.63) is 65.2 Å². The Hall–Kier alpha value is -2.86. The van der Waals surface area contributed by atoms with Crippen molar-refractivity contribution in [2.75, 3.05) is 32.5 Å². The molecule has 0 atom stereocenters. The molecule has 6 heteroatoms. The van der Waals surface area contributed by atoms with Gasteiger partial charge in [0.2, 0.25) is 0 Å². The molecule has 2 aromatic carbocycles. The van der Waals surface area contributed by atoms with Crippen LogP contribution in [-0.2, 0) is 6.54 Å². The molecule has 0 bridgehead atoms. The number of likely N-dealkylation sites (N-methyl/N-ethyl adjacent to an activating group) is 1. The number of nitrogens with two attached hydrogens (primary N) is 1. The predicted octanol–water partition coefficient (Wildman–Crippen LogP) is 3.03. The van der Waals surface area contributed by atoms with Crippen molar-refractivity contribution in [1.82, 2.24) is 10.2 Å². The fraction of sp³-hybridized carbons (Fsp3) is 0.364. The molecule has 0 saturated heterocycles. The maximum absolute atomic E-state index is 12.2. The van der Waals surface area contributed by atoms with Crippen LogP contribution in [0.15, 0.2) is 53.5 Å². The van der Waals surface area contributed by atoms with E-state index in [0.717, 1.165) is 17.8 Å². The summed E-state index contributed by atoms with van der Waals surface area (Å²) in [5.41, 5.74) is 9.74. The second kappa shape index (κ2) is 10.5. The second-order valence-corrected chi connectivity index (χ2v) is 7.37. The molecule has 150 valence electrons. The molecule has 0 saturated carbocycles. The maximum Gasteiger partial charge on any atom is 0.251 e. The van der Waals surface area contributed by atoms with Gasteiger partial charge in [0.1, 0.15) is 0 Å². The third kappa shape index (κ3) is 7.04. The Labute approximate surface area is 167 Å². The standard InChI is InChI=1S/C22H31N5O/c1-16(2)18-8-6-10-20(14-18)26-22(23)25-15-17-7-5-9-19(13-17)21(28)24-11-12-27(3)4/h5-10,13-14,16H,11-12,15H2,1-4H3,(H,24,28)(H3,23,25,26). The number of carbonyl (C=O) groups is 1. The summed E-state index contributed by atoms with van der Waals surface area (Å²) in [6.45, 7) is 6.12. The summed E-state index contributed by atoms with van der Waals surface area (Å²) in [6, 6.07) is 15.6. The molecular formula is C22H31N5O. The number of amides is 1. The minimum absolute atomic E-state index is 0.0794. The monoisotopic (exact) mass is 381 g/mol. The van der Waals surface area contributed by atoms with E-state index in [1.165, 1.54) is 5.56 Å². The van der Waals surface area contributed by atoms with Gasteiger partial charge in [-0.3, -0.25) is 4.79 Å². The third-order valence-electron chi connectivity index (χ3n) is 4.29. The van der Waals surface area contributed by atoms with Gasteiger partial charge < -0.3 is 21.3 Å². The highest BCUT2D eigenvalue weighted by atomic mass is 16.1. The van der Waals surface area contributed by atoms with Gasteiger partial charge in [-0.1, -0.05) is 38.1 Å². The van der Waals surface area contributed by atoms with Crippen LogP contribution in [0.25, 0.3) is 0 Å². The van der Waals surface area contributed by atoms with Crippen LogP contribution in [0.2, 0.25) is 0 Å². The summed E-state index contributed by atoms with van der Waals surface area (Å²) < 4.78 is 0. The zero-order chi connectivity index (χ0) is 20.5. The number of hydrogen-bond donors (Lipinski definition) is 3. The van der Waals surface area contributed by atoms with Gasteiger partial charge in [0.05, 0.1) is 6.54 Å². The summed E-state index contributed by atoms with van der Waals surface area (Å²) in [5, 5.41) is 6.04. The Morgan fingerprint density at radius 1 is 1.14 bits per heavy atom. The molecule has 2 rings (SSSR count). The number of nitrogens with one attached hydrogen (secondary N) is 2. The highest BCUT2D eigenvalue weighted by molar-refractivity contribution is 5.94. The molecule has 28 heavy (non-hydrogen) atoms. The van der Waals surface area contributed by atoms with Crippen LogP contribution in [0, 0.1) is 0 Å². The van der Waals surface area contributed by atoms with Gasteiger partial charge in [0.15, 0.2) is 5.96 Å². The Bertz CT molecular complexity index is 814. The number of benzene rings is 2. The maximum atomic E-state index is 12.2. The van der Waals surface area contributed by atoms with E-state index in [2.05, 4.69) is 41.6 Å². The Morgan fingerprint density at radius 3 is 2.61 bits per heavy atom. The first-order valence-electron chi connectivity index (χ1n) is 9.54. The summed E-state index contributed by atoms with van der Waals surface area (Å²) in [6.07, 6.45) is 0. The summed E-state index contributed by atoms with van der Waals surface area (Å²) in [4.78, 5) is 18.7. The summed E-state index contributed by atoms with van der Waals surface area (Å²) in [5.74, 6) is 0.720. The molecule has 0 fully saturated rings. The van der Waals surface area contributed by atoms with Crippen molar-refractivity contribution < 1.29 is 4.79 Å². The molecule has 0 aliphatic heterocycles. The molecule has 0 heterocycles. The zero-order valence-corrected chi connectivity index (χ0v) is 17.2. The van der Waals surface area contributed by atoms with Crippen molar-refractivity contribution in [2.45, 2.75) is 26.3 Å². The highest BCUT2D eigenvalue weighted by Crippen LogP contribution is 2.18. The van der Waals surface area contributed by atoms with Gasteiger partial charge in [-0.25, -0.2) is 4.99 Å². The lowest BCUT2D eigenvalue weighted by atomic mass is 10.0. The number of nitrogens with zero attached hydrogens (tertiary/aromatic N) is 2. The molecule has 6 nitrogen and oxygen atoms in total. The third-order valence-corrected chi connectivity index (χ3v) is 4.29. The molecule has 0 spiro atoms. The van der Waals surface area contributed by atoms with Crippen molar-refractivity contribution >= 4 is 17.6 Å². The van der Waals surface area contributed by atoms with Gasteiger partial charge in [-0.2, -0.15) is 0 Å². The molecule has 4 N–H and O–H groups in total. The van der Waals surface area contributed by atoms with E-state index in [4.69, 9.17) is 5.73 Å². The first-order chi connectivity index (χ1) is 13.3. The van der Waals surface area contributed by atoms with Gasteiger partial charge in [-0.15, -0.1) is 0 Å². The fourth-order valence-electron chi connectivity index (χ4n) is 2.65. The van der Waals surface area contributed by atoms with Crippen LogP contribution < -0.4 is 16.4 Å². The molecule has 0 aliphatic carbocycles. The molecule has 0 unspecified atom stereocenters. The minimum Gasteiger partial charge on any atom is -0.370 e. The Morgan fingerprint density at radius 2 is 1.89 bits per heavy atom.